The molecule has 1 N–H and O–H groups in total. The molecule has 0 aliphatic rings. The number of rotatable bonds is 5. The summed E-state index contributed by atoms with van der Waals surface area (Å²) in [4.78, 5) is 8.53. The fraction of sp³-hybridized carbons (Fsp3) is 0.375. The van der Waals surface area contributed by atoms with Gasteiger partial charge in [-0.2, -0.15) is 0 Å². The van der Waals surface area contributed by atoms with Gasteiger partial charge in [0, 0.05) is 42.3 Å². The van der Waals surface area contributed by atoms with Gasteiger partial charge in [-0.1, -0.05) is 0 Å². The van der Waals surface area contributed by atoms with Crippen molar-refractivity contribution in [3.05, 3.63) is 53.1 Å². The van der Waals surface area contributed by atoms with Crippen LogP contribution in [0.25, 0.3) is 0 Å². The number of nitrogens with one attached hydrogen (secondary N) is 1. The van der Waals surface area contributed by atoms with Crippen molar-refractivity contribution in [3.63, 3.8) is 0 Å². The van der Waals surface area contributed by atoms with E-state index >= 15 is 0 Å². The summed E-state index contributed by atoms with van der Waals surface area (Å²) >= 11 is 0. The van der Waals surface area contributed by atoms with Crippen LogP contribution < -0.4 is 10.1 Å². The Balaban J connectivity index is 2.08. The van der Waals surface area contributed by atoms with Crippen molar-refractivity contribution in [2.75, 3.05) is 7.11 Å². The molecule has 1 atom stereocenters. The molecule has 0 aromatic carbocycles. The summed E-state index contributed by atoms with van der Waals surface area (Å²) < 4.78 is 5.43. The van der Waals surface area contributed by atoms with Crippen molar-refractivity contribution in [1.29, 1.82) is 0 Å². The number of ether oxygens (including phenoxy) is 1. The predicted octanol–water partition coefficient (Wildman–Crippen LogP) is 2.95. The van der Waals surface area contributed by atoms with Gasteiger partial charge >= 0.3 is 0 Å². The molecule has 0 saturated carbocycles. The maximum absolute atomic E-state index is 5.43. The Bertz CT molecular complexity index is 569. The van der Waals surface area contributed by atoms with E-state index in [4.69, 9.17) is 4.74 Å². The average molecular weight is 271 g/mol. The van der Waals surface area contributed by atoms with Crippen LogP contribution in [0, 0.1) is 13.8 Å². The fourth-order valence-corrected chi connectivity index (χ4v) is 2.27. The van der Waals surface area contributed by atoms with Crippen molar-refractivity contribution in [2.24, 2.45) is 0 Å². The van der Waals surface area contributed by atoms with Gasteiger partial charge < -0.3 is 10.1 Å². The Hall–Kier alpha value is -1.94. The highest BCUT2D eigenvalue weighted by atomic mass is 16.5. The van der Waals surface area contributed by atoms with Gasteiger partial charge in [-0.25, -0.2) is 0 Å². The van der Waals surface area contributed by atoms with Gasteiger partial charge in [-0.3, -0.25) is 9.97 Å². The standard InChI is InChI=1S/C16H21N3O/c1-11-9-19-15(12(2)16(11)20-4)10-18-13(3)14-5-7-17-8-6-14/h5-9,13,18H,10H2,1-4H3. The van der Waals surface area contributed by atoms with Crippen LogP contribution in [0.1, 0.15) is 35.3 Å². The molecule has 2 heterocycles. The van der Waals surface area contributed by atoms with E-state index < -0.39 is 0 Å². The number of hydrogen-bond donors (Lipinski definition) is 1. The lowest BCUT2D eigenvalue weighted by molar-refractivity contribution is 0.406. The average Bonchev–Trinajstić information content (AvgIpc) is 2.47. The monoisotopic (exact) mass is 271 g/mol. The summed E-state index contributed by atoms with van der Waals surface area (Å²) in [6.07, 6.45) is 5.48. The minimum Gasteiger partial charge on any atom is -0.496 e. The van der Waals surface area contributed by atoms with Crippen LogP contribution in [0.15, 0.2) is 30.7 Å². The summed E-state index contributed by atoms with van der Waals surface area (Å²) in [5.41, 5.74) is 4.41. The fourth-order valence-electron chi connectivity index (χ4n) is 2.27. The van der Waals surface area contributed by atoms with E-state index in [0.717, 1.165) is 22.6 Å². The summed E-state index contributed by atoms with van der Waals surface area (Å²) in [5.74, 6) is 0.924. The Labute approximate surface area is 120 Å². The Kier molecular flexibility index (Phi) is 4.69. The minimum absolute atomic E-state index is 0.256. The zero-order valence-corrected chi connectivity index (χ0v) is 12.5. The molecule has 2 rings (SSSR count). The van der Waals surface area contributed by atoms with E-state index in [1.807, 2.05) is 44.6 Å². The molecular formula is C16H21N3O. The van der Waals surface area contributed by atoms with Gasteiger partial charge in [0.2, 0.25) is 0 Å². The molecule has 4 heteroatoms. The lowest BCUT2D eigenvalue weighted by Crippen LogP contribution is -2.19. The highest BCUT2D eigenvalue weighted by Crippen LogP contribution is 2.24. The smallest absolute Gasteiger partial charge is 0.128 e. The molecule has 20 heavy (non-hydrogen) atoms. The van der Waals surface area contributed by atoms with Gasteiger partial charge in [-0.15, -0.1) is 0 Å². The van der Waals surface area contributed by atoms with Crippen LogP contribution in [0.5, 0.6) is 5.75 Å². The Morgan fingerprint density at radius 1 is 1.25 bits per heavy atom. The summed E-state index contributed by atoms with van der Waals surface area (Å²) in [7, 11) is 1.70. The first-order chi connectivity index (χ1) is 9.63. The van der Waals surface area contributed by atoms with Crippen molar-refractivity contribution >= 4 is 0 Å². The van der Waals surface area contributed by atoms with Crippen LogP contribution in [-0.2, 0) is 6.54 Å². The molecule has 0 fully saturated rings. The second-order valence-corrected chi connectivity index (χ2v) is 4.93. The highest BCUT2D eigenvalue weighted by molar-refractivity contribution is 5.41. The van der Waals surface area contributed by atoms with Crippen LogP contribution >= 0.6 is 0 Å². The van der Waals surface area contributed by atoms with E-state index in [0.29, 0.717) is 6.54 Å². The molecule has 2 aromatic heterocycles. The molecule has 0 aliphatic carbocycles. The van der Waals surface area contributed by atoms with E-state index in [2.05, 4.69) is 22.2 Å². The summed E-state index contributed by atoms with van der Waals surface area (Å²) in [5, 5.41) is 3.48. The Morgan fingerprint density at radius 2 is 1.95 bits per heavy atom. The maximum atomic E-state index is 5.43. The van der Waals surface area contributed by atoms with Crippen LogP contribution in [0.3, 0.4) is 0 Å². The zero-order valence-electron chi connectivity index (χ0n) is 12.5. The lowest BCUT2D eigenvalue weighted by atomic mass is 10.1. The number of methoxy groups -OCH3 is 1. The first-order valence-electron chi connectivity index (χ1n) is 6.76. The molecule has 4 nitrogen and oxygen atoms in total. The lowest BCUT2D eigenvalue weighted by Gasteiger charge is -2.16. The normalized spacial score (nSPS) is 12.2. The Morgan fingerprint density at radius 3 is 2.60 bits per heavy atom. The summed E-state index contributed by atoms with van der Waals surface area (Å²) in [6.45, 7) is 6.91. The number of nitrogens with zero attached hydrogens (tertiary/aromatic N) is 2. The van der Waals surface area contributed by atoms with Gasteiger partial charge in [0.1, 0.15) is 5.75 Å². The van der Waals surface area contributed by atoms with Crippen molar-refractivity contribution in [3.8, 4) is 5.75 Å². The largest absolute Gasteiger partial charge is 0.496 e. The number of aromatic nitrogens is 2. The van der Waals surface area contributed by atoms with E-state index in [-0.39, 0.29) is 6.04 Å². The third kappa shape index (κ3) is 3.14. The summed E-state index contributed by atoms with van der Waals surface area (Å²) in [6, 6.07) is 4.30. The van der Waals surface area contributed by atoms with Gasteiger partial charge in [0.05, 0.1) is 12.8 Å². The van der Waals surface area contributed by atoms with Gasteiger partial charge in [0.15, 0.2) is 0 Å². The molecule has 106 valence electrons. The van der Waals surface area contributed by atoms with E-state index in [1.165, 1.54) is 5.56 Å². The van der Waals surface area contributed by atoms with Crippen LogP contribution in [-0.4, -0.2) is 17.1 Å². The van der Waals surface area contributed by atoms with Crippen molar-refractivity contribution < 1.29 is 4.74 Å². The van der Waals surface area contributed by atoms with Crippen molar-refractivity contribution in [1.82, 2.24) is 15.3 Å². The van der Waals surface area contributed by atoms with Crippen LogP contribution in [0.4, 0.5) is 0 Å². The second-order valence-electron chi connectivity index (χ2n) is 4.93. The highest BCUT2D eigenvalue weighted by Gasteiger charge is 2.11. The second kappa shape index (κ2) is 6.48. The zero-order chi connectivity index (χ0) is 14.5. The first kappa shape index (κ1) is 14.5. The van der Waals surface area contributed by atoms with E-state index in [1.54, 1.807) is 7.11 Å². The minimum atomic E-state index is 0.256. The third-order valence-corrected chi connectivity index (χ3v) is 3.53. The number of aryl methyl sites for hydroxylation is 1. The first-order valence-corrected chi connectivity index (χ1v) is 6.76. The third-order valence-electron chi connectivity index (χ3n) is 3.53. The SMILES string of the molecule is COc1c(C)cnc(CNC(C)c2ccncc2)c1C. The molecule has 0 radical (unpaired) electrons. The molecule has 0 aliphatic heterocycles. The molecule has 2 aromatic rings. The number of pyridine rings is 2. The molecule has 0 saturated heterocycles. The molecule has 0 bridgehead atoms. The van der Waals surface area contributed by atoms with Gasteiger partial charge in [-0.05, 0) is 38.5 Å². The topological polar surface area (TPSA) is 47.0 Å². The van der Waals surface area contributed by atoms with Crippen LogP contribution in [0.2, 0.25) is 0 Å². The van der Waals surface area contributed by atoms with E-state index in [9.17, 15) is 0 Å². The molecule has 1 unspecified atom stereocenters. The molecular weight excluding hydrogens is 250 g/mol. The number of hydrogen-bond acceptors (Lipinski definition) is 4. The van der Waals surface area contributed by atoms with Crippen molar-refractivity contribution in [2.45, 2.75) is 33.4 Å². The predicted molar refractivity (Wildman–Crippen MR) is 79.8 cm³/mol. The maximum Gasteiger partial charge on any atom is 0.128 e. The van der Waals surface area contributed by atoms with Gasteiger partial charge in [0.25, 0.3) is 0 Å². The quantitative estimate of drug-likeness (QED) is 0.908. The molecule has 0 spiro atoms. The molecule has 0 amide bonds.